The first-order valence-electron chi connectivity index (χ1n) is 6.03. The Kier molecular flexibility index (Phi) is 8.21. The van der Waals surface area contributed by atoms with E-state index in [1.54, 1.807) is 11.9 Å². The molecule has 0 radical (unpaired) electrons. The molecule has 0 aliphatic heterocycles. The molecular weight excluding hydrogens is 204 g/mol. The van der Waals surface area contributed by atoms with Crippen LogP contribution in [0.3, 0.4) is 0 Å². The molecule has 0 bridgehead atoms. The van der Waals surface area contributed by atoms with E-state index in [4.69, 9.17) is 10.5 Å². The van der Waals surface area contributed by atoms with Gasteiger partial charge in [-0.2, -0.15) is 0 Å². The Bertz CT molecular complexity index is 195. The van der Waals surface area contributed by atoms with Gasteiger partial charge >= 0.3 is 0 Å². The third-order valence-corrected chi connectivity index (χ3v) is 2.42. The summed E-state index contributed by atoms with van der Waals surface area (Å²) in [5.74, 6) is 0.629. The molecule has 4 heteroatoms. The maximum absolute atomic E-state index is 11.6. The van der Waals surface area contributed by atoms with E-state index in [1.165, 1.54) is 0 Å². The van der Waals surface area contributed by atoms with E-state index >= 15 is 0 Å². The molecule has 0 fully saturated rings. The molecule has 0 heterocycles. The van der Waals surface area contributed by atoms with Crippen molar-refractivity contribution in [1.82, 2.24) is 4.90 Å². The minimum Gasteiger partial charge on any atom is -0.369 e. The lowest BCUT2D eigenvalue weighted by atomic mass is 10.1. The Morgan fingerprint density at radius 2 is 2.00 bits per heavy atom. The summed E-state index contributed by atoms with van der Waals surface area (Å²) in [5, 5.41) is 0. The predicted octanol–water partition coefficient (Wildman–Crippen LogP) is 1.24. The van der Waals surface area contributed by atoms with Crippen molar-refractivity contribution in [3.63, 3.8) is 0 Å². The van der Waals surface area contributed by atoms with Crippen LogP contribution in [0.15, 0.2) is 0 Å². The van der Waals surface area contributed by atoms with E-state index < -0.39 is 0 Å². The van der Waals surface area contributed by atoms with Crippen LogP contribution in [0, 0.1) is 5.92 Å². The second-order valence-corrected chi connectivity index (χ2v) is 4.71. The molecule has 0 aliphatic carbocycles. The fourth-order valence-electron chi connectivity index (χ4n) is 1.51. The Balaban J connectivity index is 3.70. The van der Waals surface area contributed by atoms with Gasteiger partial charge in [0.25, 0.3) is 0 Å². The highest BCUT2D eigenvalue weighted by Crippen LogP contribution is 2.07. The van der Waals surface area contributed by atoms with Crippen LogP contribution in [0.25, 0.3) is 0 Å². The van der Waals surface area contributed by atoms with Gasteiger partial charge in [-0.05, 0) is 32.2 Å². The highest BCUT2D eigenvalue weighted by atomic mass is 16.5. The van der Waals surface area contributed by atoms with Crippen LogP contribution in [0.5, 0.6) is 0 Å². The van der Waals surface area contributed by atoms with Gasteiger partial charge < -0.3 is 15.4 Å². The topological polar surface area (TPSA) is 55.6 Å². The zero-order valence-electron chi connectivity index (χ0n) is 11.0. The first-order chi connectivity index (χ1) is 7.47. The Hall–Kier alpha value is -0.610. The maximum atomic E-state index is 11.6. The summed E-state index contributed by atoms with van der Waals surface area (Å²) in [5.41, 5.74) is 5.38. The molecule has 0 aromatic heterocycles. The first-order valence-corrected chi connectivity index (χ1v) is 6.03. The van der Waals surface area contributed by atoms with Crippen molar-refractivity contribution in [2.45, 2.75) is 39.7 Å². The van der Waals surface area contributed by atoms with E-state index in [1.807, 2.05) is 6.92 Å². The molecule has 4 nitrogen and oxygen atoms in total. The molecule has 0 aromatic carbocycles. The minimum absolute atomic E-state index is 0.0315. The molecule has 1 unspecified atom stereocenters. The van der Waals surface area contributed by atoms with Gasteiger partial charge in [-0.3, -0.25) is 4.79 Å². The van der Waals surface area contributed by atoms with E-state index in [-0.39, 0.29) is 18.6 Å². The molecule has 16 heavy (non-hydrogen) atoms. The normalized spacial score (nSPS) is 12.9. The van der Waals surface area contributed by atoms with E-state index in [2.05, 4.69) is 13.8 Å². The van der Waals surface area contributed by atoms with Gasteiger partial charge in [0.1, 0.15) is 6.61 Å². The van der Waals surface area contributed by atoms with Crippen molar-refractivity contribution in [1.29, 1.82) is 0 Å². The van der Waals surface area contributed by atoms with Gasteiger partial charge in [-0.1, -0.05) is 13.8 Å². The molecule has 0 saturated carbocycles. The highest BCUT2D eigenvalue weighted by molar-refractivity contribution is 5.77. The first kappa shape index (κ1) is 15.4. The van der Waals surface area contributed by atoms with Crippen LogP contribution in [-0.4, -0.2) is 43.7 Å². The molecule has 0 aliphatic rings. The van der Waals surface area contributed by atoms with E-state index in [0.29, 0.717) is 19.0 Å². The third kappa shape index (κ3) is 7.65. The average Bonchev–Trinajstić information content (AvgIpc) is 2.21. The zero-order chi connectivity index (χ0) is 12.6. The van der Waals surface area contributed by atoms with Gasteiger partial charge in [0, 0.05) is 13.6 Å². The summed E-state index contributed by atoms with van der Waals surface area (Å²) in [6.07, 6.45) is 1.97. The van der Waals surface area contributed by atoms with Crippen molar-refractivity contribution < 1.29 is 9.53 Å². The van der Waals surface area contributed by atoms with Gasteiger partial charge in [0.2, 0.25) is 5.91 Å². The molecule has 0 rings (SSSR count). The highest BCUT2D eigenvalue weighted by Gasteiger charge is 2.11. The zero-order valence-corrected chi connectivity index (χ0v) is 11.0. The summed E-state index contributed by atoms with van der Waals surface area (Å²) >= 11 is 0. The average molecular weight is 230 g/mol. The number of hydrogen-bond donors (Lipinski definition) is 1. The molecule has 0 saturated heterocycles. The van der Waals surface area contributed by atoms with Crippen LogP contribution in [0.2, 0.25) is 0 Å². The molecule has 1 amide bonds. The second kappa shape index (κ2) is 8.53. The number of rotatable bonds is 8. The number of likely N-dealkylation sites (N-methyl/N-ethyl adjacent to an activating group) is 1. The van der Waals surface area contributed by atoms with Crippen molar-refractivity contribution in [2.24, 2.45) is 11.7 Å². The van der Waals surface area contributed by atoms with Crippen LogP contribution in [0.4, 0.5) is 0 Å². The number of nitrogens with two attached hydrogens (primary N) is 1. The van der Waals surface area contributed by atoms with Gasteiger partial charge in [0.15, 0.2) is 0 Å². The van der Waals surface area contributed by atoms with Crippen LogP contribution < -0.4 is 5.73 Å². The number of carbonyl (C=O) groups is 1. The molecule has 1 atom stereocenters. The van der Waals surface area contributed by atoms with Crippen molar-refractivity contribution in [2.75, 3.05) is 26.7 Å². The maximum Gasteiger partial charge on any atom is 0.248 e. The van der Waals surface area contributed by atoms with Crippen molar-refractivity contribution in [3.8, 4) is 0 Å². The Labute approximate surface area is 99.1 Å². The molecular formula is C12H26N2O2. The summed E-state index contributed by atoms with van der Waals surface area (Å²) < 4.78 is 5.49. The quantitative estimate of drug-likeness (QED) is 0.682. The van der Waals surface area contributed by atoms with Crippen LogP contribution in [-0.2, 0) is 9.53 Å². The second-order valence-electron chi connectivity index (χ2n) is 4.71. The van der Waals surface area contributed by atoms with Gasteiger partial charge in [-0.15, -0.1) is 0 Å². The lowest BCUT2D eigenvalue weighted by molar-refractivity contribution is -0.136. The molecule has 0 aromatic rings. The number of nitrogens with zero attached hydrogens (tertiary/aromatic N) is 1. The standard InChI is InChI=1S/C12H26N2O2/c1-10(2)8-11(3)16-9-12(15)14(4)7-5-6-13/h10-11H,5-9,13H2,1-4H3. The van der Waals surface area contributed by atoms with Gasteiger partial charge in [-0.25, -0.2) is 0 Å². The molecule has 96 valence electrons. The lowest BCUT2D eigenvalue weighted by Crippen LogP contribution is -2.33. The van der Waals surface area contributed by atoms with E-state index in [9.17, 15) is 4.79 Å². The summed E-state index contributed by atoms with van der Waals surface area (Å²) in [6.45, 7) is 7.80. The minimum atomic E-state index is 0.0315. The molecule has 0 spiro atoms. The van der Waals surface area contributed by atoms with Crippen molar-refractivity contribution in [3.05, 3.63) is 0 Å². The number of amides is 1. The predicted molar refractivity (Wildman–Crippen MR) is 66.2 cm³/mol. The largest absolute Gasteiger partial charge is 0.369 e. The number of ether oxygens (including phenoxy) is 1. The summed E-state index contributed by atoms with van der Waals surface area (Å²) in [6, 6.07) is 0. The monoisotopic (exact) mass is 230 g/mol. The van der Waals surface area contributed by atoms with E-state index in [0.717, 1.165) is 12.8 Å². The number of hydrogen-bond acceptors (Lipinski definition) is 3. The molecule has 2 N–H and O–H groups in total. The summed E-state index contributed by atoms with van der Waals surface area (Å²) in [4.78, 5) is 13.3. The Morgan fingerprint density at radius 1 is 1.38 bits per heavy atom. The number of carbonyl (C=O) groups excluding carboxylic acids is 1. The fourth-order valence-corrected chi connectivity index (χ4v) is 1.51. The SMILES string of the molecule is CC(C)CC(C)OCC(=O)N(C)CCCN. The third-order valence-electron chi connectivity index (χ3n) is 2.42. The fraction of sp³-hybridized carbons (Fsp3) is 0.917. The van der Waals surface area contributed by atoms with Crippen LogP contribution in [0.1, 0.15) is 33.6 Å². The lowest BCUT2D eigenvalue weighted by Gasteiger charge is -2.19. The summed E-state index contributed by atoms with van der Waals surface area (Å²) in [7, 11) is 1.79. The van der Waals surface area contributed by atoms with Gasteiger partial charge in [0.05, 0.1) is 6.10 Å². The van der Waals surface area contributed by atoms with Crippen LogP contribution >= 0.6 is 0 Å². The Morgan fingerprint density at radius 3 is 2.50 bits per heavy atom. The smallest absolute Gasteiger partial charge is 0.248 e. The van der Waals surface area contributed by atoms with Crippen molar-refractivity contribution >= 4 is 5.91 Å².